The van der Waals surface area contributed by atoms with Gasteiger partial charge in [0.1, 0.15) is 0 Å². The molecule has 1 heterocycles. The Labute approximate surface area is 133 Å². The van der Waals surface area contributed by atoms with Crippen LogP contribution in [0, 0.1) is 5.92 Å². The van der Waals surface area contributed by atoms with Gasteiger partial charge in [0.15, 0.2) is 0 Å². The first-order chi connectivity index (χ1) is 9.82. The first-order valence-electron chi connectivity index (χ1n) is 7.17. The summed E-state index contributed by atoms with van der Waals surface area (Å²) in [4.78, 5) is 25.8. The Kier molecular flexibility index (Phi) is 4.71. The quantitative estimate of drug-likeness (QED) is 0.907. The molecule has 21 heavy (non-hydrogen) atoms. The number of hydrogen-bond donors (Lipinski definition) is 1. The van der Waals surface area contributed by atoms with Crippen LogP contribution in [-0.2, 0) is 15.0 Å². The van der Waals surface area contributed by atoms with Crippen molar-refractivity contribution < 1.29 is 9.59 Å². The summed E-state index contributed by atoms with van der Waals surface area (Å²) in [5.74, 6) is -0.244. The maximum absolute atomic E-state index is 12.8. The summed E-state index contributed by atoms with van der Waals surface area (Å²) in [5.41, 5.74) is 5.76. The lowest BCUT2D eigenvalue weighted by Crippen LogP contribution is -2.48. The summed E-state index contributed by atoms with van der Waals surface area (Å²) < 4.78 is 0.997. The fraction of sp³-hybridized carbons (Fsp3) is 0.500. The van der Waals surface area contributed by atoms with E-state index in [9.17, 15) is 9.59 Å². The molecule has 0 bridgehead atoms. The van der Waals surface area contributed by atoms with Gasteiger partial charge in [-0.1, -0.05) is 28.1 Å². The normalized spacial score (nSPS) is 16.8. The van der Waals surface area contributed by atoms with E-state index in [-0.39, 0.29) is 17.7 Å². The van der Waals surface area contributed by atoms with Gasteiger partial charge in [-0.25, -0.2) is 0 Å². The molecule has 114 valence electrons. The van der Waals surface area contributed by atoms with Gasteiger partial charge in [0.05, 0.1) is 5.41 Å². The molecular weight excluding hydrogens is 332 g/mol. The van der Waals surface area contributed by atoms with Crippen molar-refractivity contribution in [3.8, 4) is 0 Å². The number of benzene rings is 1. The molecule has 1 aliphatic rings. The maximum atomic E-state index is 12.8. The SMILES string of the molecule is CC(C)(C(=O)N1CCC(C(N)=O)CC1)c1ccc(Br)cc1. The van der Waals surface area contributed by atoms with Gasteiger partial charge in [-0.2, -0.15) is 0 Å². The van der Waals surface area contributed by atoms with Crippen molar-refractivity contribution in [2.75, 3.05) is 13.1 Å². The molecule has 1 aromatic rings. The topological polar surface area (TPSA) is 63.4 Å². The van der Waals surface area contributed by atoms with E-state index in [1.807, 2.05) is 43.0 Å². The lowest BCUT2D eigenvalue weighted by molar-refractivity contribution is -0.139. The molecule has 5 heteroatoms. The zero-order valence-corrected chi connectivity index (χ0v) is 14.0. The van der Waals surface area contributed by atoms with Gasteiger partial charge in [0.25, 0.3) is 0 Å². The van der Waals surface area contributed by atoms with E-state index in [1.165, 1.54) is 0 Å². The van der Waals surface area contributed by atoms with Crippen molar-refractivity contribution in [2.45, 2.75) is 32.1 Å². The number of rotatable bonds is 3. The van der Waals surface area contributed by atoms with E-state index >= 15 is 0 Å². The number of carbonyl (C=O) groups is 2. The van der Waals surface area contributed by atoms with Crippen LogP contribution in [0.3, 0.4) is 0 Å². The molecule has 2 rings (SSSR count). The number of piperidine rings is 1. The third kappa shape index (κ3) is 3.46. The minimum absolute atomic E-state index is 0.0927. The second-order valence-corrected chi connectivity index (χ2v) is 7.02. The smallest absolute Gasteiger partial charge is 0.232 e. The number of amides is 2. The zero-order valence-electron chi connectivity index (χ0n) is 12.4. The highest BCUT2D eigenvalue weighted by Gasteiger charge is 2.36. The Morgan fingerprint density at radius 1 is 1.19 bits per heavy atom. The van der Waals surface area contributed by atoms with Crippen LogP contribution in [0.25, 0.3) is 0 Å². The van der Waals surface area contributed by atoms with Crippen molar-refractivity contribution in [1.82, 2.24) is 4.90 Å². The molecular formula is C16H21BrN2O2. The average molecular weight is 353 g/mol. The van der Waals surface area contributed by atoms with Gasteiger partial charge in [0.2, 0.25) is 11.8 Å². The standard InChI is InChI=1S/C16H21BrN2O2/c1-16(2,12-3-5-13(17)6-4-12)15(21)19-9-7-11(8-10-19)14(18)20/h3-6,11H,7-10H2,1-2H3,(H2,18,20). The third-order valence-corrected chi connectivity index (χ3v) is 4.81. The Balaban J connectivity index is 2.09. The average Bonchev–Trinajstić information content (AvgIpc) is 2.47. The first kappa shape index (κ1) is 16.0. The molecule has 0 radical (unpaired) electrons. The Morgan fingerprint density at radius 3 is 2.19 bits per heavy atom. The van der Waals surface area contributed by atoms with E-state index in [2.05, 4.69) is 15.9 Å². The summed E-state index contributed by atoms with van der Waals surface area (Å²) in [7, 11) is 0. The highest BCUT2D eigenvalue weighted by atomic mass is 79.9. The molecule has 1 aliphatic heterocycles. The van der Waals surface area contributed by atoms with Crippen LogP contribution in [0.4, 0.5) is 0 Å². The number of carbonyl (C=O) groups excluding carboxylic acids is 2. The molecule has 1 aromatic carbocycles. The molecule has 2 amide bonds. The Morgan fingerprint density at radius 2 is 1.71 bits per heavy atom. The molecule has 0 saturated carbocycles. The molecule has 1 saturated heterocycles. The van der Waals surface area contributed by atoms with Crippen LogP contribution < -0.4 is 5.73 Å². The van der Waals surface area contributed by atoms with E-state index in [0.717, 1.165) is 10.0 Å². The summed E-state index contributed by atoms with van der Waals surface area (Å²) in [6.07, 6.45) is 1.33. The van der Waals surface area contributed by atoms with Crippen LogP contribution in [0.2, 0.25) is 0 Å². The molecule has 2 N–H and O–H groups in total. The third-order valence-electron chi connectivity index (χ3n) is 4.29. The number of nitrogens with zero attached hydrogens (tertiary/aromatic N) is 1. The predicted molar refractivity (Wildman–Crippen MR) is 85.7 cm³/mol. The Bertz CT molecular complexity index is 532. The summed E-state index contributed by atoms with van der Waals surface area (Å²) in [5, 5.41) is 0. The second kappa shape index (κ2) is 6.18. The van der Waals surface area contributed by atoms with Crippen LogP contribution in [0.1, 0.15) is 32.3 Å². The summed E-state index contributed by atoms with van der Waals surface area (Å²) in [6, 6.07) is 7.84. The van der Waals surface area contributed by atoms with E-state index in [1.54, 1.807) is 0 Å². The Hall–Kier alpha value is -1.36. The van der Waals surface area contributed by atoms with Gasteiger partial charge in [0, 0.05) is 23.5 Å². The maximum Gasteiger partial charge on any atom is 0.232 e. The number of hydrogen-bond acceptors (Lipinski definition) is 2. The van der Waals surface area contributed by atoms with E-state index in [0.29, 0.717) is 25.9 Å². The van der Waals surface area contributed by atoms with Crippen LogP contribution in [-0.4, -0.2) is 29.8 Å². The number of likely N-dealkylation sites (tertiary alicyclic amines) is 1. The summed E-state index contributed by atoms with van der Waals surface area (Å²) in [6.45, 7) is 5.09. The van der Waals surface area contributed by atoms with Crippen molar-refractivity contribution in [2.24, 2.45) is 11.7 Å². The summed E-state index contributed by atoms with van der Waals surface area (Å²) >= 11 is 3.41. The molecule has 4 nitrogen and oxygen atoms in total. The molecule has 0 atom stereocenters. The van der Waals surface area contributed by atoms with Crippen molar-refractivity contribution in [3.63, 3.8) is 0 Å². The second-order valence-electron chi connectivity index (χ2n) is 6.10. The molecule has 1 fully saturated rings. The molecule has 0 spiro atoms. The highest BCUT2D eigenvalue weighted by molar-refractivity contribution is 9.10. The van der Waals surface area contributed by atoms with Gasteiger partial charge < -0.3 is 10.6 Å². The van der Waals surface area contributed by atoms with Gasteiger partial charge in [-0.15, -0.1) is 0 Å². The van der Waals surface area contributed by atoms with Gasteiger partial charge in [-0.05, 0) is 44.4 Å². The number of primary amides is 1. The van der Waals surface area contributed by atoms with Crippen LogP contribution in [0.5, 0.6) is 0 Å². The lowest BCUT2D eigenvalue weighted by Gasteiger charge is -2.36. The largest absolute Gasteiger partial charge is 0.369 e. The van der Waals surface area contributed by atoms with Gasteiger partial charge in [-0.3, -0.25) is 9.59 Å². The monoisotopic (exact) mass is 352 g/mol. The molecule has 0 aromatic heterocycles. The van der Waals surface area contributed by atoms with E-state index < -0.39 is 5.41 Å². The van der Waals surface area contributed by atoms with Crippen LogP contribution >= 0.6 is 15.9 Å². The minimum atomic E-state index is -0.569. The molecule has 0 aliphatic carbocycles. The van der Waals surface area contributed by atoms with Crippen molar-refractivity contribution in [1.29, 1.82) is 0 Å². The van der Waals surface area contributed by atoms with Crippen LogP contribution in [0.15, 0.2) is 28.7 Å². The molecule has 0 unspecified atom stereocenters. The predicted octanol–water partition coefficient (Wildman–Crippen LogP) is 2.45. The van der Waals surface area contributed by atoms with Crippen molar-refractivity contribution in [3.05, 3.63) is 34.3 Å². The van der Waals surface area contributed by atoms with Crippen molar-refractivity contribution >= 4 is 27.7 Å². The fourth-order valence-electron chi connectivity index (χ4n) is 2.75. The highest BCUT2D eigenvalue weighted by Crippen LogP contribution is 2.29. The van der Waals surface area contributed by atoms with Gasteiger partial charge >= 0.3 is 0 Å². The van der Waals surface area contributed by atoms with E-state index in [4.69, 9.17) is 5.73 Å². The number of halogens is 1. The number of nitrogens with two attached hydrogens (primary N) is 1. The minimum Gasteiger partial charge on any atom is -0.369 e. The zero-order chi connectivity index (χ0) is 15.6. The lowest BCUT2D eigenvalue weighted by atomic mass is 9.82. The fourth-order valence-corrected chi connectivity index (χ4v) is 3.02. The first-order valence-corrected chi connectivity index (χ1v) is 7.96.